The molecule has 0 amide bonds. The summed E-state index contributed by atoms with van der Waals surface area (Å²) >= 11 is 0. The quantitative estimate of drug-likeness (QED) is 0.827. The molecule has 1 aromatic carbocycles. The third-order valence-corrected chi connectivity index (χ3v) is 2.86. The van der Waals surface area contributed by atoms with Crippen molar-refractivity contribution in [3.63, 3.8) is 0 Å². The predicted molar refractivity (Wildman–Crippen MR) is 65.0 cm³/mol. The Kier molecular flexibility index (Phi) is 3.10. The Bertz CT molecular complexity index is 548. The summed E-state index contributed by atoms with van der Waals surface area (Å²) in [5, 5.41) is 11.8. The van der Waals surface area contributed by atoms with Crippen molar-refractivity contribution in [2.24, 2.45) is 0 Å². The van der Waals surface area contributed by atoms with Gasteiger partial charge in [0.25, 0.3) is 0 Å². The molecule has 0 spiro atoms. The van der Waals surface area contributed by atoms with E-state index >= 15 is 0 Å². The molecule has 0 aliphatic rings. The number of hydrogen-bond donors (Lipinski definition) is 2. The molecule has 2 rings (SSSR count). The minimum atomic E-state index is -0.857. The molecule has 0 fully saturated rings. The number of carboxylic acids is 1. The van der Waals surface area contributed by atoms with E-state index in [9.17, 15) is 4.79 Å². The highest BCUT2D eigenvalue weighted by molar-refractivity contribution is 5.77. The maximum atomic E-state index is 11.0. The highest BCUT2D eigenvalue weighted by Gasteiger charge is 2.17. The maximum absolute atomic E-state index is 11.0. The number of imidazole rings is 1. The number of nitrogens with one attached hydrogen (secondary N) is 1. The maximum Gasteiger partial charge on any atom is 0.322 e. The Morgan fingerprint density at radius 2 is 2.24 bits per heavy atom. The van der Waals surface area contributed by atoms with E-state index in [1.807, 2.05) is 35.8 Å². The summed E-state index contributed by atoms with van der Waals surface area (Å²) in [7, 11) is 1.65. The predicted octanol–water partition coefficient (Wildman–Crippen LogP) is 1.02. The lowest BCUT2D eigenvalue weighted by atomic mass is 10.2. The van der Waals surface area contributed by atoms with Crippen molar-refractivity contribution >= 4 is 17.0 Å². The van der Waals surface area contributed by atoms with Crippen LogP contribution in [0.4, 0.5) is 0 Å². The van der Waals surface area contributed by atoms with Crippen LogP contribution in [0.2, 0.25) is 0 Å². The molecule has 90 valence electrons. The van der Waals surface area contributed by atoms with Gasteiger partial charge < -0.3 is 15.0 Å². The SMILES string of the molecule is CNC(Cn1c(C)nc2ccccc21)C(=O)O. The van der Waals surface area contributed by atoms with E-state index in [0.717, 1.165) is 16.9 Å². The first-order chi connectivity index (χ1) is 8.13. The Morgan fingerprint density at radius 3 is 2.88 bits per heavy atom. The van der Waals surface area contributed by atoms with Crippen molar-refractivity contribution in [2.45, 2.75) is 19.5 Å². The average Bonchev–Trinajstić information content (AvgIpc) is 2.61. The largest absolute Gasteiger partial charge is 0.480 e. The lowest BCUT2D eigenvalue weighted by molar-refractivity contribution is -0.139. The van der Waals surface area contributed by atoms with Gasteiger partial charge in [-0.2, -0.15) is 0 Å². The number of aromatic nitrogens is 2. The third-order valence-electron chi connectivity index (χ3n) is 2.86. The third kappa shape index (κ3) is 2.14. The van der Waals surface area contributed by atoms with Gasteiger partial charge in [0.15, 0.2) is 0 Å². The van der Waals surface area contributed by atoms with Crippen molar-refractivity contribution in [3.8, 4) is 0 Å². The number of aliphatic carboxylic acids is 1. The number of benzene rings is 1. The van der Waals surface area contributed by atoms with E-state index < -0.39 is 12.0 Å². The molecular weight excluding hydrogens is 218 g/mol. The van der Waals surface area contributed by atoms with Crippen LogP contribution < -0.4 is 5.32 Å². The van der Waals surface area contributed by atoms with Crippen molar-refractivity contribution in [1.82, 2.24) is 14.9 Å². The monoisotopic (exact) mass is 233 g/mol. The van der Waals surface area contributed by atoms with Crippen molar-refractivity contribution in [3.05, 3.63) is 30.1 Å². The number of carboxylic acid groups (broad SMARTS) is 1. The van der Waals surface area contributed by atoms with Gasteiger partial charge in [0, 0.05) is 0 Å². The first-order valence-corrected chi connectivity index (χ1v) is 5.45. The van der Waals surface area contributed by atoms with Crippen molar-refractivity contribution in [2.75, 3.05) is 7.05 Å². The van der Waals surface area contributed by atoms with Crippen LogP contribution in [-0.4, -0.2) is 33.7 Å². The zero-order valence-electron chi connectivity index (χ0n) is 9.84. The zero-order valence-corrected chi connectivity index (χ0v) is 9.84. The molecule has 2 N–H and O–H groups in total. The lowest BCUT2D eigenvalue weighted by Crippen LogP contribution is -2.37. The van der Waals surface area contributed by atoms with Gasteiger partial charge in [-0.05, 0) is 26.1 Å². The van der Waals surface area contributed by atoms with Crippen LogP contribution in [0.3, 0.4) is 0 Å². The summed E-state index contributed by atoms with van der Waals surface area (Å²) in [5.74, 6) is -0.0302. The molecule has 1 atom stereocenters. The van der Waals surface area contributed by atoms with Crippen LogP contribution in [0.25, 0.3) is 11.0 Å². The molecule has 1 aromatic heterocycles. The summed E-state index contributed by atoms with van der Waals surface area (Å²) < 4.78 is 1.92. The van der Waals surface area contributed by atoms with E-state index in [0.29, 0.717) is 6.54 Å². The number of carbonyl (C=O) groups is 1. The smallest absolute Gasteiger partial charge is 0.322 e. The second kappa shape index (κ2) is 4.55. The van der Waals surface area contributed by atoms with E-state index in [1.54, 1.807) is 7.05 Å². The molecule has 0 saturated heterocycles. The number of hydrogen-bond acceptors (Lipinski definition) is 3. The van der Waals surface area contributed by atoms with Crippen molar-refractivity contribution in [1.29, 1.82) is 0 Å². The summed E-state index contributed by atoms with van der Waals surface area (Å²) in [4.78, 5) is 15.4. The van der Waals surface area contributed by atoms with E-state index in [4.69, 9.17) is 5.11 Å². The first-order valence-electron chi connectivity index (χ1n) is 5.45. The molecule has 5 nitrogen and oxygen atoms in total. The van der Waals surface area contributed by atoms with Crippen molar-refractivity contribution < 1.29 is 9.90 Å². The first kappa shape index (κ1) is 11.6. The van der Waals surface area contributed by atoms with E-state index in [2.05, 4.69) is 10.3 Å². The molecule has 0 aliphatic carbocycles. The molecule has 1 heterocycles. The Hall–Kier alpha value is -1.88. The number of fused-ring (bicyclic) bond motifs is 1. The van der Waals surface area contributed by atoms with Gasteiger partial charge >= 0.3 is 5.97 Å². The molecule has 0 radical (unpaired) electrons. The summed E-state index contributed by atoms with van der Waals surface area (Å²) in [6.45, 7) is 2.26. The Morgan fingerprint density at radius 1 is 1.53 bits per heavy atom. The molecule has 2 aromatic rings. The Balaban J connectivity index is 2.41. The molecule has 0 bridgehead atoms. The second-order valence-electron chi connectivity index (χ2n) is 3.94. The van der Waals surface area contributed by atoms with Crippen LogP contribution in [0.5, 0.6) is 0 Å². The molecule has 17 heavy (non-hydrogen) atoms. The molecule has 1 unspecified atom stereocenters. The fourth-order valence-electron chi connectivity index (χ4n) is 1.90. The molecular formula is C12H15N3O2. The molecule has 0 saturated carbocycles. The number of rotatable bonds is 4. The van der Waals surface area contributed by atoms with Gasteiger partial charge in [-0.15, -0.1) is 0 Å². The summed E-state index contributed by atoms with van der Waals surface area (Å²) in [6.07, 6.45) is 0. The fraction of sp³-hybridized carbons (Fsp3) is 0.333. The fourth-order valence-corrected chi connectivity index (χ4v) is 1.90. The number of nitrogens with zero attached hydrogens (tertiary/aromatic N) is 2. The number of likely N-dealkylation sites (N-methyl/N-ethyl adjacent to an activating group) is 1. The number of para-hydroxylation sites is 2. The lowest BCUT2D eigenvalue weighted by Gasteiger charge is -2.13. The zero-order chi connectivity index (χ0) is 12.4. The van der Waals surface area contributed by atoms with E-state index in [1.165, 1.54) is 0 Å². The van der Waals surface area contributed by atoms with Gasteiger partial charge in [0.2, 0.25) is 0 Å². The minimum Gasteiger partial charge on any atom is -0.480 e. The van der Waals surface area contributed by atoms with Crippen LogP contribution in [0.1, 0.15) is 5.82 Å². The highest BCUT2D eigenvalue weighted by Crippen LogP contribution is 2.15. The number of aryl methyl sites for hydroxylation is 1. The van der Waals surface area contributed by atoms with Gasteiger partial charge in [-0.3, -0.25) is 4.79 Å². The second-order valence-corrected chi connectivity index (χ2v) is 3.94. The summed E-state index contributed by atoms with van der Waals surface area (Å²) in [6, 6.07) is 7.12. The standard InChI is InChI=1S/C12H15N3O2/c1-8-14-9-5-3-4-6-11(9)15(8)7-10(13-2)12(16)17/h3-6,10,13H,7H2,1-2H3,(H,16,17). The van der Waals surface area contributed by atoms with Crippen LogP contribution in [-0.2, 0) is 11.3 Å². The normalized spacial score (nSPS) is 12.8. The van der Waals surface area contributed by atoms with Crippen LogP contribution in [0.15, 0.2) is 24.3 Å². The van der Waals surface area contributed by atoms with Gasteiger partial charge in [-0.25, -0.2) is 4.98 Å². The van der Waals surface area contributed by atoms with Crippen LogP contribution >= 0.6 is 0 Å². The average molecular weight is 233 g/mol. The van der Waals surface area contributed by atoms with Gasteiger partial charge in [-0.1, -0.05) is 12.1 Å². The summed E-state index contributed by atoms with van der Waals surface area (Å²) in [5.41, 5.74) is 1.86. The van der Waals surface area contributed by atoms with Gasteiger partial charge in [0.05, 0.1) is 17.6 Å². The van der Waals surface area contributed by atoms with Crippen LogP contribution in [0, 0.1) is 6.92 Å². The topological polar surface area (TPSA) is 67.2 Å². The highest BCUT2D eigenvalue weighted by atomic mass is 16.4. The molecule has 0 aliphatic heterocycles. The van der Waals surface area contributed by atoms with Gasteiger partial charge in [0.1, 0.15) is 11.9 Å². The molecule has 5 heteroatoms. The minimum absolute atomic E-state index is 0.373. The Labute approximate surface area is 99.1 Å². The van der Waals surface area contributed by atoms with E-state index in [-0.39, 0.29) is 0 Å².